The molecule has 2 heteroatoms. The normalized spacial score (nSPS) is 15.9. The average molecular weight is 399 g/mol. The first-order chi connectivity index (χ1) is 14.3. The van der Waals surface area contributed by atoms with Crippen LogP contribution in [0.4, 0.5) is 0 Å². The van der Waals surface area contributed by atoms with Crippen molar-refractivity contribution in [2.45, 2.75) is 46.6 Å². The number of rotatable bonds is 1. The first kappa shape index (κ1) is 23.4. The maximum absolute atomic E-state index is 8.93. The van der Waals surface area contributed by atoms with Gasteiger partial charge in [-0.05, 0) is 62.4 Å². The lowest BCUT2D eigenvalue weighted by molar-refractivity contribution is 0.265. The van der Waals surface area contributed by atoms with Crippen molar-refractivity contribution in [1.29, 1.82) is 5.26 Å². The molecule has 1 N–H and O–H groups in total. The third-order valence-corrected chi connectivity index (χ3v) is 5.31. The van der Waals surface area contributed by atoms with Crippen LogP contribution in [0.5, 0.6) is 0 Å². The fourth-order valence-corrected chi connectivity index (χ4v) is 3.73. The van der Waals surface area contributed by atoms with Crippen molar-refractivity contribution in [3.63, 3.8) is 0 Å². The molecular formula is C28H34N2. The van der Waals surface area contributed by atoms with Crippen LogP contribution in [0.1, 0.15) is 54.1 Å². The first-order valence-electron chi connectivity index (χ1n) is 10.6. The van der Waals surface area contributed by atoms with Gasteiger partial charge in [0.2, 0.25) is 0 Å². The van der Waals surface area contributed by atoms with Gasteiger partial charge < -0.3 is 5.32 Å². The smallest absolute Gasteiger partial charge is 0.0991 e. The van der Waals surface area contributed by atoms with Crippen LogP contribution < -0.4 is 5.32 Å². The van der Waals surface area contributed by atoms with E-state index in [0.717, 1.165) is 18.4 Å². The van der Waals surface area contributed by atoms with Gasteiger partial charge >= 0.3 is 0 Å². The van der Waals surface area contributed by atoms with E-state index in [-0.39, 0.29) is 0 Å². The van der Waals surface area contributed by atoms with Crippen LogP contribution in [-0.2, 0) is 6.42 Å². The first-order valence-corrected chi connectivity index (χ1v) is 10.6. The van der Waals surface area contributed by atoms with Crippen molar-refractivity contribution in [3.05, 3.63) is 107 Å². The molecule has 0 radical (unpaired) electrons. The SMILES string of the molecule is CNC1CC(C)(C)Cc2ccc(C#N)cc21.Cc1ccccc1.Cc1ccccc1. The van der Waals surface area contributed by atoms with Crippen molar-refractivity contribution in [3.8, 4) is 6.07 Å². The number of aryl methyl sites for hydroxylation is 2. The number of fused-ring (bicyclic) bond motifs is 1. The summed E-state index contributed by atoms with van der Waals surface area (Å²) in [6.45, 7) is 8.77. The van der Waals surface area contributed by atoms with Crippen LogP contribution in [0.2, 0.25) is 0 Å². The molecule has 1 unspecified atom stereocenters. The predicted octanol–water partition coefficient (Wildman–Crippen LogP) is 6.78. The molecule has 0 spiro atoms. The third kappa shape index (κ3) is 7.50. The molecule has 0 aliphatic heterocycles. The summed E-state index contributed by atoms with van der Waals surface area (Å²) >= 11 is 0. The summed E-state index contributed by atoms with van der Waals surface area (Å²) in [5, 5.41) is 12.3. The van der Waals surface area contributed by atoms with E-state index in [4.69, 9.17) is 5.26 Å². The van der Waals surface area contributed by atoms with Crippen LogP contribution in [0.25, 0.3) is 0 Å². The van der Waals surface area contributed by atoms with Crippen LogP contribution in [-0.4, -0.2) is 7.05 Å². The number of nitrogens with zero attached hydrogens (tertiary/aromatic N) is 1. The lowest BCUT2D eigenvalue weighted by Gasteiger charge is -2.37. The standard InChI is InChI=1S/C14H18N2.2C7H8/c1-14(2)7-11-5-4-10(9-15)6-12(11)13(8-14)16-3;2*1-7-5-3-2-4-6-7/h4-6,13,16H,7-8H2,1-3H3;2*2-6H,1H3. The molecule has 0 bridgehead atoms. The summed E-state index contributed by atoms with van der Waals surface area (Å²) in [6.07, 6.45) is 2.23. The van der Waals surface area contributed by atoms with Gasteiger partial charge in [0.1, 0.15) is 0 Å². The highest BCUT2D eigenvalue weighted by atomic mass is 14.9. The van der Waals surface area contributed by atoms with Crippen LogP contribution in [0.3, 0.4) is 0 Å². The summed E-state index contributed by atoms with van der Waals surface area (Å²) in [7, 11) is 1.99. The fourth-order valence-electron chi connectivity index (χ4n) is 3.73. The van der Waals surface area contributed by atoms with Gasteiger partial charge in [0, 0.05) is 6.04 Å². The van der Waals surface area contributed by atoms with Gasteiger partial charge in [-0.15, -0.1) is 0 Å². The van der Waals surface area contributed by atoms with E-state index in [1.165, 1.54) is 22.3 Å². The molecule has 1 atom stereocenters. The van der Waals surface area contributed by atoms with Crippen LogP contribution in [0, 0.1) is 30.6 Å². The molecule has 3 aromatic carbocycles. The van der Waals surface area contributed by atoms with Crippen molar-refractivity contribution in [2.75, 3.05) is 7.05 Å². The highest BCUT2D eigenvalue weighted by Gasteiger charge is 2.31. The number of benzene rings is 3. The van der Waals surface area contributed by atoms with E-state index in [0.29, 0.717) is 11.5 Å². The topological polar surface area (TPSA) is 35.8 Å². The monoisotopic (exact) mass is 398 g/mol. The molecule has 2 nitrogen and oxygen atoms in total. The van der Waals surface area contributed by atoms with E-state index in [2.05, 4.69) is 69.4 Å². The summed E-state index contributed by atoms with van der Waals surface area (Å²) < 4.78 is 0. The van der Waals surface area contributed by atoms with Crippen LogP contribution >= 0.6 is 0 Å². The van der Waals surface area contributed by atoms with E-state index >= 15 is 0 Å². The number of nitrogens with one attached hydrogen (secondary N) is 1. The molecular weight excluding hydrogens is 364 g/mol. The third-order valence-electron chi connectivity index (χ3n) is 5.31. The minimum atomic E-state index is 0.342. The Morgan fingerprint density at radius 3 is 1.80 bits per heavy atom. The zero-order valence-electron chi connectivity index (χ0n) is 18.9. The van der Waals surface area contributed by atoms with E-state index < -0.39 is 0 Å². The molecule has 0 aromatic heterocycles. The average Bonchev–Trinajstić information content (AvgIpc) is 2.74. The zero-order chi connectivity index (χ0) is 22.0. The van der Waals surface area contributed by atoms with Gasteiger partial charge in [0.25, 0.3) is 0 Å². The Kier molecular flexibility index (Phi) is 8.84. The summed E-state index contributed by atoms with van der Waals surface area (Å²) in [5.74, 6) is 0. The van der Waals surface area contributed by atoms with Crippen molar-refractivity contribution in [1.82, 2.24) is 5.32 Å². The van der Waals surface area contributed by atoms with Gasteiger partial charge in [0.05, 0.1) is 11.6 Å². The Bertz CT molecular complexity index is 900. The van der Waals surface area contributed by atoms with Crippen LogP contribution in [0.15, 0.2) is 78.9 Å². The fraction of sp³-hybridized carbons (Fsp3) is 0.321. The second-order valence-electron chi connectivity index (χ2n) is 8.72. The molecule has 0 fully saturated rings. The Hall–Kier alpha value is -2.89. The summed E-state index contributed by atoms with van der Waals surface area (Å²) in [4.78, 5) is 0. The minimum absolute atomic E-state index is 0.342. The Labute approximate surface area is 182 Å². The van der Waals surface area contributed by atoms with Gasteiger partial charge in [-0.1, -0.05) is 91.7 Å². The van der Waals surface area contributed by atoms with Gasteiger partial charge in [0.15, 0.2) is 0 Å². The van der Waals surface area contributed by atoms with Gasteiger partial charge in [-0.3, -0.25) is 0 Å². The molecule has 1 aliphatic carbocycles. The molecule has 156 valence electrons. The van der Waals surface area contributed by atoms with Crippen molar-refractivity contribution in [2.24, 2.45) is 5.41 Å². The Morgan fingerprint density at radius 1 is 0.867 bits per heavy atom. The molecule has 0 saturated heterocycles. The number of hydrogen-bond donors (Lipinski definition) is 1. The lowest BCUT2D eigenvalue weighted by Crippen LogP contribution is -2.31. The summed E-state index contributed by atoms with van der Waals surface area (Å²) in [5.41, 5.74) is 6.44. The lowest BCUT2D eigenvalue weighted by atomic mass is 9.72. The second kappa shape index (κ2) is 11.3. The zero-order valence-corrected chi connectivity index (χ0v) is 18.9. The second-order valence-corrected chi connectivity index (χ2v) is 8.72. The molecule has 0 saturated carbocycles. The Balaban J connectivity index is 0.000000188. The molecule has 1 aliphatic rings. The maximum atomic E-state index is 8.93. The summed E-state index contributed by atoms with van der Waals surface area (Å²) in [6, 6.07) is 29.2. The molecule has 0 amide bonds. The highest BCUT2D eigenvalue weighted by molar-refractivity contribution is 5.41. The van der Waals surface area contributed by atoms with E-state index in [9.17, 15) is 0 Å². The maximum Gasteiger partial charge on any atom is 0.0991 e. The molecule has 4 rings (SSSR count). The quantitative estimate of drug-likeness (QED) is 0.490. The van der Waals surface area contributed by atoms with Gasteiger partial charge in [-0.2, -0.15) is 5.26 Å². The van der Waals surface area contributed by atoms with E-state index in [1.54, 1.807) is 0 Å². The number of hydrogen-bond acceptors (Lipinski definition) is 2. The molecule has 30 heavy (non-hydrogen) atoms. The van der Waals surface area contributed by atoms with Crippen molar-refractivity contribution >= 4 is 0 Å². The van der Waals surface area contributed by atoms with Crippen molar-refractivity contribution < 1.29 is 0 Å². The van der Waals surface area contributed by atoms with Gasteiger partial charge in [-0.25, -0.2) is 0 Å². The minimum Gasteiger partial charge on any atom is -0.313 e. The Morgan fingerprint density at radius 2 is 1.40 bits per heavy atom. The predicted molar refractivity (Wildman–Crippen MR) is 127 cm³/mol. The molecule has 3 aromatic rings. The highest BCUT2D eigenvalue weighted by Crippen LogP contribution is 2.40. The molecule has 0 heterocycles. The largest absolute Gasteiger partial charge is 0.313 e. The number of nitriles is 1. The van der Waals surface area contributed by atoms with E-state index in [1.807, 2.05) is 55.6 Å².